The number of benzene rings is 2. The molecule has 0 aliphatic carbocycles. The van der Waals surface area contributed by atoms with Crippen molar-refractivity contribution in [3.63, 3.8) is 0 Å². The highest BCUT2D eigenvalue weighted by atomic mass is 35.5. The molecule has 3 heterocycles. The summed E-state index contributed by atoms with van der Waals surface area (Å²) in [6, 6.07) is 11.9. The van der Waals surface area contributed by atoms with E-state index in [9.17, 15) is 14.4 Å². The Morgan fingerprint density at radius 3 is 2.66 bits per heavy atom. The third-order valence-corrected chi connectivity index (χ3v) is 7.42. The molecule has 7 nitrogen and oxygen atoms in total. The highest BCUT2D eigenvalue weighted by Crippen LogP contribution is 2.32. The number of nitrogens with one attached hydrogen (secondary N) is 3. The van der Waals surface area contributed by atoms with Gasteiger partial charge in [0, 0.05) is 29.2 Å². The predicted octanol–water partition coefficient (Wildman–Crippen LogP) is 2.71. The molecule has 2 aromatic rings. The van der Waals surface area contributed by atoms with Crippen molar-refractivity contribution in [1.29, 1.82) is 0 Å². The summed E-state index contributed by atoms with van der Waals surface area (Å²) in [5.41, 5.74) is 2.81. The number of rotatable bonds is 3. The lowest BCUT2D eigenvalue weighted by atomic mass is 9.95. The molecular weight excluding hydrogens is 448 g/mol. The van der Waals surface area contributed by atoms with Crippen LogP contribution in [0.25, 0.3) is 11.1 Å². The molecule has 9 heteroatoms. The van der Waals surface area contributed by atoms with E-state index < -0.39 is 6.04 Å². The van der Waals surface area contributed by atoms with Gasteiger partial charge in [-0.3, -0.25) is 19.7 Å². The van der Waals surface area contributed by atoms with Gasteiger partial charge in [-0.15, -0.1) is 11.8 Å². The Kier molecular flexibility index (Phi) is 5.84. The van der Waals surface area contributed by atoms with E-state index in [-0.39, 0.29) is 29.8 Å². The molecule has 5 rings (SSSR count). The number of halogens is 1. The Balaban J connectivity index is 1.36. The molecule has 166 valence electrons. The molecule has 32 heavy (non-hydrogen) atoms. The van der Waals surface area contributed by atoms with Gasteiger partial charge < -0.3 is 15.5 Å². The van der Waals surface area contributed by atoms with Crippen LogP contribution in [0.4, 0.5) is 5.69 Å². The molecule has 0 saturated carbocycles. The third-order valence-electron chi connectivity index (χ3n) is 6.23. The maximum Gasteiger partial charge on any atom is 0.256 e. The Labute approximate surface area is 195 Å². The number of fused-ring (bicyclic) bond motifs is 2. The van der Waals surface area contributed by atoms with Crippen molar-refractivity contribution >= 4 is 46.8 Å². The van der Waals surface area contributed by atoms with Crippen LogP contribution in [0.15, 0.2) is 42.5 Å². The van der Waals surface area contributed by atoms with Gasteiger partial charge in [-0.25, -0.2) is 0 Å². The maximum atomic E-state index is 13.4. The first-order valence-electron chi connectivity index (χ1n) is 10.6. The van der Waals surface area contributed by atoms with E-state index in [1.807, 2.05) is 24.3 Å². The van der Waals surface area contributed by atoms with Crippen molar-refractivity contribution < 1.29 is 14.4 Å². The predicted molar refractivity (Wildman–Crippen MR) is 126 cm³/mol. The van der Waals surface area contributed by atoms with Gasteiger partial charge >= 0.3 is 0 Å². The van der Waals surface area contributed by atoms with E-state index in [1.54, 1.807) is 34.9 Å². The summed E-state index contributed by atoms with van der Waals surface area (Å²) in [7, 11) is 0. The standard InChI is InChI=1S/C23H23ClN4O3S/c24-15-4-1-13(2-5-15)14-3-6-18-17(9-14)23(31)28-8-7-16(10-20(28)22(30)27-18)26-21(29)19-11-32-12-25-19/h1-6,9,16,19-20,25H,7-8,10-12H2,(H,26,29)(H,27,30)/t16-,19-,20-/m0/s1. The zero-order valence-electron chi connectivity index (χ0n) is 17.3. The molecule has 2 saturated heterocycles. The number of thioether (sulfide) groups is 1. The van der Waals surface area contributed by atoms with Crippen LogP contribution in [0.1, 0.15) is 23.2 Å². The summed E-state index contributed by atoms with van der Waals surface area (Å²) in [5.74, 6) is 1.09. The fourth-order valence-electron chi connectivity index (χ4n) is 4.48. The zero-order valence-corrected chi connectivity index (χ0v) is 18.8. The van der Waals surface area contributed by atoms with E-state index in [0.29, 0.717) is 35.7 Å². The van der Waals surface area contributed by atoms with Gasteiger partial charge in [-0.1, -0.05) is 29.8 Å². The molecule has 0 radical (unpaired) electrons. The average molecular weight is 471 g/mol. The van der Waals surface area contributed by atoms with E-state index in [2.05, 4.69) is 16.0 Å². The number of hydrogen-bond acceptors (Lipinski definition) is 5. The molecule has 3 N–H and O–H groups in total. The molecule has 0 aromatic heterocycles. The quantitative estimate of drug-likeness (QED) is 0.641. The van der Waals surface area contributed by atoms with Crippen LogP contribution in [0.2, 0.25) is 5.02 Å². The molecule has 0 spiro atoms. The van der Waals surface area contributed by atoms with Crippen molar-refractivity contribution in [1.82, 2.24) is 15.5 Å². The van der Waals surface area contributed by atoms with Gasteiger partial charge in [0.25, 0.3) is 5.91 Å². The lowest BCUT2D eigenvalue weighted by Gasteiger charge is -2.37. The van der Waals surface area contributed by atoms with Crippen molar-refractivity contribution in [3.05, 3.63) is 53.1 Å². The van der Waals surface area contributed by atoms with Gasteiger partial charge in [0.15, 0.2) is 0 Å². The summed E-state index contributed by atoms with van der Waals surface area (Å²) in [4.78, 5) is 40.5. The zero-order chi connectivity index (χ0) is 22.2. The Morgan fingerprint density at radius 2 is 1.91 bits per heavy atom. The summed E-state index contributed by atoms with van der Waals surface area (Å²) in [6.45, 7) is 0.416. The van der Waals surface area contributed by atoms with Crippen LogP contribution in [-0.4, -0.2) is 58.9 Å². The first-order valence-corrected chi connectivity index (χ1v) is 12.2. The lowest BCUT2D eigenvalue weighted by molar-refractivity contribution is -0.125. The second-order valence-electron chi connectivity index (χ2n) is 8.27. The van der Waals surface area contributed by atoms with Gasteiger partial charge in [0.2, 0.25) is 11.8 Å². The summed E-state index contributed by atoms with van der Waals surface area (Å²) >= 11 is 7.68. The van der Waals surface area contributed by atoms with Crippen LogP contribution in [-0.2, 0) is 9.59 Å². The maximum absolute atomic E-state index is 13.4. The fourth-order valence-corrected chi connectivity index (χ4v) is 5.54. The minimum absolute atomic E-state index is 0.0373. The minimum Gasteiger partial charge on any atom is -0.352 e. The van der Waals surface area contributed by atoms with Crippen LogP contribution < -0.4 is 16.0 Å². The Hall–Kier alpha value is -2.55. The van der Waals surface area contributed by atoms with Gasteiger partial charge in [-0.05, 0) is 48.2 Å². The average Bonchev–Trinajstić information content (AvgIpc) is 3.32. The van der Waals surface area contributed by atoms with Crippen LogP contribution in [0.5, 0.6) is 0 Å². The SMILES string of the molecule is O=C(N[C@H]1CCN2C(=O)c3cc(-c4ccc(Cl)cc4)ccc3NC(=O)[C@@H]2C1)[C@@H]1CSCN1. The van der Waals surface area contributed by atoms with E-state index in [0.717, 1.165) is 22.8 Å². The number of carbonyl (C=O) groups is 3. The number of carbonyl (C=O) groups excluding carboxylic acids is 3. The molecule has 3 atom stereocenters. The second kappa shape index (κ2) is 8.77. The van der Waals surface area contributed by atoms with Gasteiger partial charge in [0.05, 0.1) is 17.3 Å². The Bertz CT molecular complexity index is 1070. The normalized spacial score (nSPS) is 24.9. The topological polar surface area (TPSA) is 90.5 Å². The van der Waals surface area contributed by atoms with Crippen LogP contribution >= 0.6 is 23.4 Å². The van der Waals surface area contributed by atoms with Crippen LogP contribution in [0.3, 0.4) is 0 Å². The number of piperidine rings is 1. The molecule has 3 aliphatic rings. The lowest BCUT2D eigenvalue weighted by Crippen LogP contribution is -2.56. The smallest absolute Gasteiger partial charge is 0.256 e. The first kappa shape index (κ1) is 21.3. The van der Waals surface area contributed by atoms with Gasteiger partial charge in [-0.2, -0.15) is 0 Å². The van der Waals surface area contributed by atoms with Crippen molar-refractivity contribution in [2.75, 3.05) is 23.5 Å². The fraction of sp³-hybridized carbons (Fsp3) is 0.348. The number of nitrogens with zero attached hydrogens (tertiary/aromatic N) is 1. The van der Waals surface area contributed by atoms with Crippen molar-refractivity contribution in [3.8, 4) is 11.1 Å². The molecule has 0 unspecified atom stereocenters. The molecule has 2 aromatic carbocycles. The van der Waals surface area contributed by atoms with Crippen molar-refractivity contribution in [2.45, 2.75) is 31.0 Å². The van der Waals surface area contributed by atoms with E-state index in [4.69, 9.17) is 11.6 Å². The molecule has 0 bridgehead atoms. The number of amides is 3. The summed E-state index contributed by atoms with van der Waals surface area (Å²) in [6.07, 6.45) is 1.02. The molecule has 2 fully saturated rings. The van der Waals surface area contributed by atoms with Crippen LogP contribution in [0, 0.1) is 0 Å². The summed E-state index contributed by atoms with van der Waals surface area (Å²) in [5, 5.41) is 9.79. The largest absolute Gasteiger partial charge is 0.352 e. The van der Waals surface area contributed by atoms with Crippen molar-refractivity contribution in [2.24, 2.45) is 0 Å². The monoisotopic (exact) mass is 470 g/mol. The van der Waals surface area contributed by atoms with E-state index in [1.165, 1.54) is 0 Å². The van der Waals surface area contributed by atoms with Gasteiger partial charge in [0.1, 0.15) is 6.04 Å². The number of anilines is 1. The molecule has 3 aliphatic heterocycles. The highest BCUT2D eigenvalue weighted by molar-refractivity contribution is 7.99. The molecular formula is C23H23ClN4O3S. The van der Waals surface area contributed by atoms with E-state index >= 15 is 0 Å². The number of hydrogen-bond donors (Lipinski definition) is 3. The highest BCUT2D eigenvalue weighted by Gasteiger charge is 2.40. The second-order valence-corrected chi connectivity index (χ2v) is 9.74. The molecule has 3 amide bonds. The third kappa shape index (κ3) is 4.10. The summed E-state index contributed by atoms with van der Waals surface area (Å²) < 4.78 is 0. The minimum atomic E-state index is -0.612. The first-order chi connectivity index (χ1) is 15.5. The Morgan fingerprint density at radius 1 is 1.12 bits per heavy atom.